The van der Waals surface area contributed by atoms with Crippen molar-refractivity contribution in [2.24, 2.45) is 0 Å². The van der Waals surface area contributed by atoms with Crippen LogP contribution in [0.2, 0.25) is 0 Å². The number of anilines is 1. The Kier molecular flexibility index (Phi) is 4.74. The van der Waals surface area contributed by atoms with Crippen molar-refractivity contribution in [1.29, 1.82) is 0 Å². The molecule has 0 atom stereocenters. The minimum atomic E-state index is -0.0837. The summed E-state index contributed by atoms with van der Waals surface area (Å²) in [5.74, 6) is 0.550. The molecule has 0 bridgehead atoms. The van der Waals surface area contributed by atoms with Crippen LogP contribution in [0.1, 0.15) is 5.56 Å². The quantitative estimate of drug-likeness (QED) is 0.587. The van der Waals surface area contributed by atoms with Crippen molar-refractivity contribution in [1.82, 2.24) is 14.8 Å². The summed E-state index contributed by atoms with van der Waals surface area (Å²) in [5.41, 5.74) is 3.57. The standard InChI is InChI=1S/C22H18N4O/c27-22(15-17-7-3-1-4-8-17)24-21-16-20(18-11-13-23-14-12-18)25-26(21)19-9-5-2-6-10-19/h1-14,16H,15H2,(H,24,27). The van der Waals surface area contributed by atoms with Gasteiger partial charge in [-0.05, 0) is 29.8 Å². The molecule has 4 aromatic rings. The Hall–Kier alpha value is -3.73. The molecule has 2 heterocycles. The average Bonchev–Trinajstić information content (AvgIpc) is 3.14. The van der Waals surface area contributed by atoms with Crippen LogP contribution in [0.25, 0.3) is 16.9 Å². The van der Waals surface area contributed by atoms with E-state index in [9.17, 15) is 4.79 Å². The summed E-state index contributed by atoms with van der Waals surface area (Å²) in [7, 11) is 0. The van der Waals surface area contributed by atoms with Gasteiger partial charge in [0, 0.05) is 24.0 Å². The lowest BCUT2D eigenvalue weighted by Gasteiger charge is -2.09. The monoisotopic (exact) mass is 354 g/mol. The fraction of sp³-hybridized carbons (Fsp3) is 0.0455. The third kappa shape index (κ3) is 3.93. The van der Waals surface area contributed by atoms with Gasteiger partial charge in [0.1, 0.15) is 5.82 Å². The van der Waals surface area contributed by atoms with E-state index in [-0.39, 0.29) is 5.91 Å². The molecule has 0 spiro atoms. The van der Waals surface area contributed by atoms with Crippen LogP contribution in [0, 0.1) is 0 Å². The van der Waals surface area contributed by atoms with Crippen molar-refractivity contribution in [2.45, 2.75) is 6.42 Å². The van der Waals surface area contributed by atoms with E-state index in [0.29, 0.717) is 12.2 Å². The molecule has 4 rings (SSSR count). The second-order valence-corrected chi connectivity index (χ2v) is 6.11. The molecule has 1 N–H and O–H groups in total. The molecule has 2 aromatic heterocycles. The van der Waals surface area contributed by atoms with Gasteiger partial charge in [-0.25, -0.2) is 4.68 Å². The number of aromatic nitrogens is 3. The van der Waals surface area contributed by atoms with E-state index < -0.39 is 0 Å². The summed E-state index contributed by atoms with van der Waals surface area (Å²) in [6.07, 6.45) is 3.76. The molecule has 0 saturated carbocycles. The molecule has 1 amide bonds. The molecule has 5 nitrogen and oxygen atoms in total. The molecule has 5 heteroatoms. The van der Waals surface area contributed by atoms with Gasteiger partial charge < -0.3 is 5.32 Å². The number of carbonyl (C=O) groups is 1. The van der Waals surface area contributed by atoms with E-state index in [4.69, 9.17) is 0 Å². The summed E-state index contributed by atoms with van der Waals surface area (Å²) in [6, 6.07) is 25.1. The Bertz CT molecular complexity index is 1030. The molecule has 0 radical (unpaired) electrons. The second-order valence-electron chi connectivity index (χ2n) is 6.11. The zero-order valence-corrected chi connectivity index (χ0v) is 14.6. The predicted octanol–water partition coefficient (Wildman–Crippen LogP) is 4.12. The Labute approximate surface area is 157 Å². The normalized spacial score (nSPS) is 10.5. The second kappa shape index (κ2) is 7.66. The first-order valence-corrected chi connectivity index (χ1v) is 8.69. The van der Waals surface area contributed by atoms with Crippen molar-refractivity contribution in [2.75, 3.05) is 5.32 Å². The minimum absolute atomic E-state index is 0.0837. The molecule has 0 aliphatic carbocycles. The lowest BCUT2D eigenvalue weighted by molar-refractivity contribution is -0.115. The molecule has 27 heavy (non-hydrogen) atoms. The minimum Gasteiger partial charge on any atom is -0.310 e. The number of benzene rings is 2. The van der Waals surface area contributed by atoms with Crippen molar-refractivity contribution in [3.8, 4) is 16.9 Å². The maximum Gasteiger partial charge on any atom is 0.229 e. The summed E-state index contributed by atoms with van der Waals surface area (Å²) in [6.45, 7) is 0. The first-order valence-electron chi connectivity index (χ1n) is 8.69. The number of carbonyl (C=O) groups excluding carboxylic acids is 1. The van der Waals surface area contributed by atoms with E-state index in [1.54, 1.807) is 17.1 Å². The van der Waals surface area contributed by atoms with E-state index in [1.165, 1.54) is 0 Å². The number of hydrogen-bond acceptors (Lipinski definition) is 3. The Morgan fingerprint density at radius 1 is 0.889 bits per heavy atom. The Balaban J connectivity index is 1.66. The van der Waals surface area contributed by atoms with Gasteiger partial charge >= 0.3 is 0 Å². The fourth-order valence-corrected chi connectivity index (χ4v) is 2.87. The number of nitrogens with zero attached hydrogens (tertiary/aromatic N) is 3. The van der Waals surface area contributed by atoms with Crippen LogP contribution >= 0.6 is 0 Å². The topological polar surface area (TPSA) is 59.8 Å². The van der Waals surface area contributed by atoms with E-state index in [1.807, 2.05) is 78.9 Å². The van der Waals surface area contributed by atoms with Gasteiger partial charge in [-0.1, -0.05) is 48.5 Å². The maximum atomic E-state index is 12.5. The number of amides is 1. The predicted molar refractivity (Wildman–Crippen MR) is 106 cm³/mol. The lowest BCUT2D eigenvalue weighted by Crippen LogP contribution is -2.17. The zero-order valence-electron chi connectivity index (χ0n) is 14.6. The SMILES string of the molecule is O=C(Cc1ccccc1)Nc1cc(-c2ccncc2)nn1-c1ccccc1. The van der Waals surface area contributed by atoms with Gasteiger partial charge in [0.05, 0.1) is 17.8 Å². The highest BCUT2D eigenvalue weighted by Crippen LogP contribution is 2.24. The highest BCUT2D eigenvalue weighted by Gasteiger charge is 2.14. The number of rotatable bonds is 5. The largest absolute Gasteiger partial charge is 0.310 e. The summed E-state index contributed by atoms with van der Waals surface area (Å²) in [4.78, 5) is 16.6. The van der Waals surface area contributed by atoms with Crippen molar-refractivity contribution >= 4 is 11.7 Å². The van der Waals surface area contributed by atoms with Gasteiger partial charge in [0.2, 0.25) is 5.91 Å². The molecule has 0 aliphatic rings. The third-order valence-electron chi connectivity index (χ3n) is 4.16. The molecule has 2 aromatic carbocycles. The molecular weight excluding hydrogens is 336 g/mol. The first kappa shape index (κ1) is 16.7. The van der Waals surface area contributed by atoms with Crippen molar-refractivity contribution < 1.29 is 4.79 Å². The molecule has 0 fully saturated rings. The van der Waals surface area contributed by atoms with Crippen LogP contribution in [0.15, 0.2) is 91.3 Å². The van der Waals surface area contributed by atoms with Gasteiger partial charge in [-0.2, -0.15) is 5.10 Å². The smallest absolute Gasteiger partial charge is 0.229 e. The number of para-hydroxylation sites is 1. The van der Waals surface area contributed by atoms with Crippen molar-refractivity contribution in [3.05, 3.63) is 96.8 Å². The number of nitrogens with one attached hydrogen (secondary N) is 1. The van der Waals surface area contributed by atoms with Gasteiger partial charge in [-0.15, -0.1) is 0 Å². The Morgan fingerprint density at radius 2 is 1.56 bits per heavy atom. The fourth-order valence-electron chi connectivity index (χ4n) is 2.87. The number of pyridine rings is 1. The van der Waals surface area contributed by atoms with Crippen LogP contribution in [0.5, 0.6) is 0 Å². The molecule has 0 saturated heterocycles. The Morgan fingerprint density at radius 3 is 2.26 bits per heavy atom. The highest BCUT2D eigenvalue weighted by molar-refractivity contribution is 5.92. The molecule has 132 valence electrons. The summed E-state index contributed by atoms with van der Waals surface area (Å²) < 4.78 is 1.75. The van der Waals surface area contributed by atoms with Crippen LogP contribution < -0.4 is 5.32 Å². The van der Waals surface area contributed by atoms with Crippen LogP contribution in [-0.4, -0.2) is 20.7 Å². The zero-order chi connectivity index (χ0) is 18.5. The first-order chi connectivity index (χ1) is 13.3. The molecular formula is C22H18N4O. The molecule has 0 aliphatic heterocycles. The van der Waals surface area contributed by atoms with Crippen molar-refractivity contribution in [3.63, 3.8) is 0 Å². The van der Waals surface area contributed by atoms with Crippen LogP contribution in [0.3, 0.4) is 0 Å². The van der Waals surface area contributed by atoms with Gasteiger partial charge in [0.15, 0.2) is 0 Å². The van der Waals surface area contributed by atoms with Gasteiger partial charge in [-0.3, -0.25) is 9.78 Å². The number of hydrogen-bond donors (Lipinski definition) is 1. The van der Waals surface area contributed by atoms with Crippen LogP contribution in [-0.2, 0) is 11.2 Å². The van der Waals surface area contributed by atoms with E-state index in [0.717, 1.165) is 22.5 Å². The molecule has 0 unspecified atom stereocenters. The average molecular weight is 354 g/mol. The lowest BCUT2D eigenvalue weighted by atomic mass is 10.1. The summed E-state index contributed by atoms with van der Waals surface area (Å²) >= 11 is 0. The maximum absolute atomic E-state index is 12.5. The van der Waals surface area contributed by atoms with E-state index >= 15 is 0 Å². The highest BCUT2D eigenvalue weighted by atomic mass is 16.1. The van der Waals surface area contributed by atoms with Gasteiger partial charge in [0.25, 0.3) is 0 Å². The van der Waals surface area contributed by atoms with E-state index in [2.05, 4.69) is 15.4 Å². The third-order valence-corrected chi connectivity index (χ3v) is 4.16. The van der Waals surface area contributed by atoms with Crippen LogP contribution in [0.4, 0.5) is 5.82 Å². The summed E-state index contributed by atoms with van der Waals surface area (Å²) in [5, 5.41) is 7.68.